The summed E-state index contributed by atoms with van der Waals surface area (Å²) in [5.41, 5.74) is 4.82. The smallest absolute Gasteiger partial charge is 0.290 e. The molecule has 2 heterocycles. The zero-order valence-corrected chi connectivity index (χ0v) is 23.9. The van der Waals surface area contributed by atoms with E-state index in [1.165, 1.54) is 29.0 Å². The molecule has 0 bridgehead atoms. The Morgan fingerprint density at radius 3 is 2.33 bits per heavy atom. The van der Waals surface area contributed by atoms with Crippen LogP contribution in [-0.2, 0) is 17.9 Å². The molecule has 0 spiro atoms. The van der Waals surface area contributed by atoms with E-state index in [1.54, 1.807) is 0 Å². The van der Waals surface area contributed by atoms with Crippen LogP contribution in [-0.4, -0.2) is 39.6 Å². The van der Waals surface area contributed by atoms with Crippen LogP contribution in [0.4, 0.5) is 0 Å². The first-order valence-electron chi connectivity index (χ1n) is 12.3. The van der Waals surface area contributed by atoms with E-state index >= 15 is 0 Å². The molecule has 0 amide bonds. The molecule has 2 aromatic rings. The molecule has 1 aromatic heterocycles. The van der Waals surface area contributed by atoms with Crippen LogP contribution in [0.2, 0.25) is 0 Å². The van der Waals surface area contributed by atoms with E-state index in [2.05, 4.69) is 54.6 Å². The van der Waals surface area contributed by atoms with Crippen LogP contribution in [0.5, 0.6) is 5.75 Å². The number of allylic oxidation sites excluding steroid dienone is 5. The molecule has 3 rings (SSSR count). The van der Waals surface area contributed by atoms with Gasteiger partial charge in [-0.2, -0.15) is 0 Å². The van der Waals surface area contributed by atoms with Crippen molar-refractivity contribution < 1.29 is 19.1 Å². The van der Waals surface area contributed by atoms with Crippen LogP contribution in [0.3, 0.4) is 0 Å². The fraction of sp³-hybridized carbons (Fsp3) is 0.448. The molecule has 1 aromatic carbocycles. The molecule has 200 valence electrons. The van der Waals surface area contributed by atoms with Gasteiger partial charge in [0.2, 0.25) is 0 Å². The Balaban J connectivity index is 0.000000689. The standard InChI is InChI=1S/C16H20N2O2S.C10H16.C2H6.CH2O2/c1-12-16(17-13(2)20-12)10-19-15-5-3-14(4-6-15)9-18-7-8-21-11-18;1-5-9(3)7-8-10(4)6-2;1-2;2-1-3/h3-6H,7-11H2,1-2H3;5,7-8H,1,6H2,2-4H3;1-2H3;1H,(H,2,3)/b;9-7-,10-8+;;. The highest BCUT2D eigenvalue weighted by Crippen LogP contribution is 2.19. The predicted octanol–water partition coefficient (Wildman–Crippen LogP) is 7.58. The third-order valence-corrected chi connectivity index (χ3v) is 6.06. The molecule has 0 atom stereocenters. The zero-order chi connectivity index (χ0) is 27.3. The quantitative estimate of drug-likeness (QED) is 0.286. The molecule has 0 unspecified atom stereocenters. The summed E-state index contributed by atoms with van der Waals surface area (Å²) >= 11 is 2.00. The highest BCUT2D eigenvalue weighted by Gasteiger charge is 2.12. The average molecular weight is 517 g/mol. The van der Waals surface area contributed by atoms with Gasteiger partial charge in [-0.15, -0.1) is 11.8 Å². The van der Waals surface area contributed by atoms with Crippen molar-refractivity contribution >= 4 is 18.2 Å². The highest BCUT2D eigenvalue weighted by atomic mass is 32.2. The van der Waals surface area contributed by atoms with Gasteiger partial charge in [0.1, 0.15) is 23.8 Å². The molecule has 1 aliphatic rings. The lowest BCUT2D eigenvalue weighted by Crippen LogP contribution is -2.18. The van der Waals surface area contributed by atoms with Gasteiger partial charge >= 0.3 is 0 Å². The van der Waals surface area contributed by atoms with E-state index in [0.717, 1.165) is 36.0 Å². The first-order valence-corrected chi connectivity index (χ1v) is 13.5. The minimum atomic E-state index is -0.250. The normalized spacial score (nSPS) is 13.3. The van der Waals surface area contributed by atoms with E-state index in [9.17, 15) is 0 Å². The Morgan fingerprint density at radius 2 is 1.86 bits per heavy atom. The Bertz CT molecular complexity index is 927. The molecule has 0 saturated carbocycles. The monoisotopic (exact) mass is 516 g/mol. The number of hydrogen-bond donors (Lipinski definition) is 1. The number of thioether (sulfide) groups is 1. The van der Waals surface area contributed by atoms with E-state index in [-0.39, 0.29) is 6.47 Å². The molecular formula is C29H44N2O4S. The van der Waals surface area contributed by atoms with Gasteiger partial charge in [0, 0.05) is 31.6 Å². The first kappa shape index (κ1) is 33.2. The highest BCUT2D eigenvalue weighted by molar-refractivity contribution is 7.99. The van der Waals surface area contributed by atoms with Crippen molar-refractivity contribution in [2.75, 3.05) is 18.2 Å². The van der Waals surface area contributed by atoms with Crippen LogP contribution in [0.15, 0.2) is 64.6 Å². The Morgan fingerprint density at radius 1 is 1.22 bits per heavy atom. The van der Waals surface area contributed by atoms with Crippen molar-refractivity contribution in [1.29, 1.82) is 0 Å². The number of hydrogen-bond acceptors (Lipinski definition) is 6. The zero-order valence-electron chi connectivity index (χ0n) is 23.0. The van der Waals surface area contributed by atoms with E-state index < -0.39 is 0 Å². The van der Waals surface area contributed by atoms with Crippen molar-refractivity contribution in [1.82, 2.24) is 9.88 Å². The minimum absolute atomic E-state index is 0.250. The van der Waals surface area contributed by atoms with E-state index in [1.807, 2.05) is 64.6 Å². The maximum Gasteiger partial charge on any atom is 0.290 e. The number of ether oxygens (including phenoxy) is 1. The first-order chi connectivity index (χ1) is 17.3. The topological polar surface area (TPSA) is 75.8 Å². The lowest BCUT2D eigenvalue weighted by molar-refractivity contribution is -0.122. The van der Waals surface area contributed by atoms with Gasteiger partial charge in [-0.3, -0.25) is 9.69 Å². The Labute approximate surface area is 222 Å². The van der Waals surface area contributed by atoms with Crippen molar-refractivity contribution in [3.05, 3.63) is 83.1 Å². The fourth-order valence-electron chi connectivity index (χ4n) is 2.84. The molecule has 1 N–H and O–H groups in total. The number of nitrogens with zero attached hydrogens (tertiary/aromatic N) is 2. The summed E-state index contributed by atoms with van der Waals surface area (Å²) in [6, 6.07) is 8.33. The molecule has 0 aliphatic carbocycles. The summed E-state index contributed by atoms with van der Waals surface area (Å²) in [6.07, 6.45) is 7.21. The van der Waals surface area contributed by atoms with Crippen LogP contribution in [0, 0.1) is 13.8 Å². The SMILES string of the molecule is C=C/C(C)=C\C=C(/C)CC.CC.Cc1nc(COc2ccc(CN3CCSC3)cc2)c(C)o1.O=CO. The molecule has 1 saturated heterocycles. The van der Waals surface area contributed by atoms with Gasteiger partial charge in [0.05, 0.1) is 0 Å². The summed E-state index contributed by atoms with van der Waals surface area (Å²) in [5.74, 6) is 4.77. The second kappa shape index (κ2) is 20.4. The molecule has 36 heavy (non-hydrogen) atoms. The Hall–Kier alpha value is -2.77. The fourth-order valence-corrected chi connectivity index (χ4v) is 3.84. The number of aryl methyl sites for hydroxylation is 2. The van der Waals surface area contributed by atoms with Crippen LogP contribution in [0.25, 0.3) is 0 Å². The van der Waals surface area contributed by atoms with Gasteiger partial charge in [0.25, 0.3) is 6.47 Å². The number of benzene rings is 1. The van der Waals surface area contributed by atoms with Crippen molar-refractivity contribution in [3.63, 3.8) is 0 Å². The molecule has 7 heteroatoms. The van der Waals surface area contributed by atoms with Crippen molar-refractivity contribution in [3.8, 4) is 5.75 Å². The van der Waals surface area contributed by atoms with Crippen LogP contribution < -0.4 is 4.74 Å². The number of oxazole rings is 1. The summed E-state index contributed by atoms with van der Waals surface area (Å²) in [7, 11) is 0. The minimum Gasteiger partial charge on any atom is -0.487 e. The van der Waals surface area contributed by atoms with Crippen LogP contribution >= 0.6 is 11.8 Å². The molecule has 1 fully saturated rings. The van der Waals surface area contributed by atoms with Gasteiger partial charge in [-0.25, -0.2) is 4.98 Å². The summed E-state index contributed by atoms with van der Waals surface area (Å²) < 4.78 is 11.2. The molecule has 0 radical (unpaired) electrons. The number of aromatic nitrogens is 1. The largest absolute Gasteiger partial charge is 0.487 e. The maximum atomic E-state index is 8.36. The predicted molar refractivity (Wildman–Crippen MR) is 153 cm³/mol. The van der Waals surface area contributed by atoms with Gasteiger partial charge < -0.3 is 14.3 Å². The van der Waals surface area contributed by atoms with Gasteiger partial charge in [-0.1, -0.05) is 68.9 Å². The van der Waals surface area contributed by atoms with E-state index in [0.29, 0.717) is 12.5 Å². The lowest BCUT2D eigenvalue weighted by Gasteiger charge is -2.14. The number of carboxylic acid groups (broad SMARTS) is 1. The van der Waals surface area contributed by atoms with E-state index in [4.69, 9.17) is 19.1 Å². The lowest BCUT2D eigenvalue weighted by atomic mass is 10.2. The van der Waals surface area contributed by atoms with Gasteiger partial charge in [-0.05, 0) is 44.9 Å². The second-order valence-electron chi connectivity index (χ2n) is 7.85. The summed E-state index contributed by atoms with van der Waals surface area (Å²) in [6.45, 7) is 20.2. The van der Waals surface area contributed by atoms with Crippen molar-refractivity contribution in [2.45, 2.75) is 68.0 Å². The molecule has 1 aliphatic heterocycles. The number of carbonyl (C=O) groups is 1. The second-order valence-corrected chi connectivity index (χ2v) is 8.92. The average Bonchev–Trinajstić information content (AvgIpc) is 3.52. The number of rotatable bonds is 8. The third-order valence-electron chi connectivity index (χ3n) is 5.04. The Kier molecular flexibility index (Phi) is 18.9. The maximum absolute atomic E-state index is 8.36. The molecular weight excluding hydrogens is 472 g/mol. The van der Waals surface area contributed by atoms with Crippen molar-refractivity contribution in [2.24, 2.45) is 0 Å². The third kappa shape index (κ3) is 14.6. The molecule has 6 nitrogen and oxygen atoms in total. The summed E-state index contributed by atoms with van der Waals surface area (Å²) in [4.78, 5) is 15.1. The van der Waals surface area contributed by atoms with Gasteiger partial charge in [0.15, 0.2) is 5.89 Å². The summed E-state index contributed by atoms with van der Waals surface area (Å²) in [5, 5.41) is 6.89. The van der Waals surface area contributed by atoms with Crippen LogP contribution in [0.1, 0.15) is 63.9 Å².